The van der Waals surface area contributed by atoms with Crippen LogP contribution in [-0.4, -0.2) is 47.4 Å². The Bertz CT molecular complexity index is 1180. The molecular formula is C27H32N4O2S. The summed E-state index contributed by atoms with van der Waals surface area (Å²) >= 11 is 1.58. The van der Waals surface area contributed by atoms with Crippen LogP contribution in [0.25, 0.3) is 10.2 Å². The lowest BCUT2D eigenvalue weighted by atomic mass is 9.96. The van der Waals surface area contributed by atoms with Crippen molar-refractivity contribution >= 4 is 38.5 Å². The number of amides is 2. The smallest absolute Gasteiger partial charge is 0.243 e. The van der Waals surface area contributed by atoms with Gasteiger partial charge in [-0.25, -0.2) is 4.98 Å². The highest BCUT2D eigenvalue weighted by atomic mass is 32.1. The number of rotatable bonds is 7. The van der Waals surface area contributed by atoms with Gasteiger partial charge >= 0.3 is 0 Å². The number of carbonyl (C=O) groups is 2. The van der Waals surface area contributed by atoms with Gasteiger partial charge in [-0.2, -0.15) is 0 Å². The summed E-state index contributed by atoms with van der Waals surface area (Å²) < 4.78 is 1.10. The number of carbonyl (C=O) groups excluding carboxylic acids is 2. The number of nitrogens with one attached hydrogen (secondary N) is 1. The van der Waals surface area contributed by atoms with Gasteiger partial charge in [0, 0.05) is 12.0 Å². The Kier molecular flexibility index (Phi) is 6.66. The van der Waals surface area contributed by atoms with E-state index < -0.39 is 0 Å². The molecule has 2 amide bonds. The van der Waals surface area contributed by atoms with Crippen molar-refractivity contribution in [3.8, 4) is 0 Å². The van der Waals surface area contributed by atoms with Crippen molar-refractivity contribution in [3.05, 3.63) is 59.2 Å². The van der Waals surface area contributed by atoms with Gasteiger partial charge in [-0.3, -0.25) is 19.4 Å². The molecule has 3 aromatic rings. The molecule has 1 saturated heterocycles. The number of benzene rings is 2. The van der Waals surface area contributed by atoms with Crippen molar-refractivity contribution in [3.63, 3.8) is 0 Å². The van der Waals surface area contributed by atoms with E-state index in [1.165, 1.54) is 11.1 Å². The molecule has 34 heavy (non-hydrogen) atoms. The molecule has 0 atom stereocenters. The first-order chi connectivity index (χ1) is 16.5. The quantitative estimate of drug-likeness (QED) is 0.548. The fourth-order valence-electron chi connectivity index (χ4n) is 4.53. The topological polar surface area (TPSA) is 65.5 Å². The maximum Gasteiger partial charge on any atom is 0.243 e. The third-order valence-electron chi connectivity index (χ3n) is 7.03. The zero-order chi connectivity index (χ0) is 23.7. The van der Waals surface area contributed by atoms with Crippen molar-refractivity contribution in [2.75, 3.05) is 24.5 Å². The first kappa shape index (κ1) is 23.0. The number of nitrogens with zero attached hydrogens (tertiary/aromatic N) is 3. The average Bonchev–Trinajstić information content (AvgIpc) is 3.56. The molecule has 2 fully saturated rings. The summed E-state index contributed by atoms with van der Waals surface area (Å²) in [5.41, 5.74) is 4.43. The fourth-order valence-corrected chi connectivity index (χ4v) is 5.58. The lowest BCUT2D eigenvalue weighted by Crippen LogP contribution is -2.45. The van der Waals surface area contributed by atoms with E-state index in [0.717, 1.165) is 59.7 Å². The van der Waals surface area contributed by atoms with Gasteiger partial charge in [0.25, 0.3) is 0 Å². The lowest BCUT2D eigenvalue weighted by Gasteiger charge is -2.32. The highest BCUT2D eigenvalue weighted by Crippen LogP contribution is 2.33. The van der Waals surface area contributed by atoms with Gasteiger partial charge in [-0.05, 0) is 75.4 Å². The van der Waals surface area contributed by atoms with Crippen LogP contribution >= 0.6 is 11.3 Å². The molecule has 2 aromatic carbocycles. The second-order valence-electron chi connectivity index (χ2n) is 9.65. The number of anilines is 1. The third kappa shape index (κ3) is 5.15. The summed E-state index contributed by atoms with van der Waals surface area (Å²) in [7, 11) is 0. The van der Waals surface area contributed by atoms with Crippen LogP contribution in [0.2, 0.25) is 0 Å². The molecule has 7 heteroatoms. The molecule has 0 spiro atoms. The van der Waals surface area contributed by atoms with Crippen LogP contribution in [-0.2, 0) is 16.1 Å². The van der Waals surface area contributed by atoms with Crippen LogP contribution in [0, 0.1) is 19.8 Å². The van der Waals surface area contributed by atoms with Gasteiger partial charge < -0.3 is 5.32 Å². The van der Waals surface area contributed by atoms with Crippen LogP contribution in [0.4, 0.5) is 5.13 Å². The Labute approximate surface area is 205 Å². The van der Waals surface area contributed by atoms with Crippen molar-refractivity contribution in [1.82, 2.24) is 15.2 Å². The Hall–Kier alpha value is -2.77. The van der Waals surface area contributed by atoms with Gasteiger partial charge in [0.2, 0.25) is 11.8 Å². The van der Waals surface area contributed by atoms with Gasteiger partial charge in [-0.15, -0.1) is 0 Å². The number of thiazole rings is 1. The molecular weight excluding hydrogens is 444 g/mol. The van der Waals surface area contributed by atoms with Crippen LogP contribution < -0.4 is 10.2 Å². The Balaban J connectivity index is 1.31. The Morgan fingerprint density at radius 1 is 1.06 bits per heavy atom. The first-order valence-corrected chi connectivity index (χ1v) is 13.0. The number of piperidine rings is 1. The molecule has 1 aliphatic heterocycles. The standard InChI is InChI=1S/C27H32N4O2S/c1-18-8-11-23-25(19(18)2)29-27(34-23)31(16-20-6-4-3-5-7-20)24(32)17-30-14-12-21(13-15-30)26(33)28-22-9-10-22/h3-8,11,21-22H,9-10,12-17H2,1-2H3,(H,28,33). The second kappa shape index (κ2) is 9.84. The SMILES string of the molecule is Cc1ccc2sc(N(Cc3ccccc3)C(=O)CN3CCC(C(=O)NC4CC4)CC3)nc2c1C. The normalized spacial score (nSPS) is 17.1. The van der Waals surface area contributed by atoms with E-state index >= 15 is 0 Å². The fraction of sp³-hybridized carbons (Fsp3) is 0.444. The molecule has 5 rings (SSSR count). The van der Waals surface area contributed by atoms with Crippen molar-refractivity contribution in [2.24, 2.45) is 5.92 Å². The molecule has 0 radical (unpaired) electrons. The lowest BCUT2D eigenvalue weighted by molar-refractivity contribution is -0.126. The van der Waals surface area contributed by atoms with Crippen molar-refractivity contribution in [2.45, 2.75) is 52.1 Å². The minimum atomic E-state index is 0.0539. The minimum absolute atomic E-state index is 0.0539. The zero-order valence-electron chi connectivity index (χ0n) is 19.9. The van der Waals surface area contributed by atoms with Crippen LogP contribution in [0.15, 0.2) is 42.5 Å². The first-order valence-electron chi connectivity index (χ1n) is 12.2. The molecule has 178 valence electrons. The molecule has 0 unspecified atom stereocenters. The molecule has 6 nitrogen and oxygen atoms in total. The summed E-state index contributed by atoms with van der Waals surface area (Å²) in [6.45, 7) is 6.57. The number of aryl methyl sites for hydroxylation is 2. The summed E-state index contributed by atoms with van der Waals surface area (Å²) in [5, 5.41) is 3.87. The maximum absolute atomic E-state index is 13.6. The predicted molar refractivity (Wildman–Crippen MR) is 137 cm³/mol. The maximum atomic E-state index is 13.6. The molecule has 2 heterocycles. The Morgan fingerprint density at radius 3 is 2.50 bits per heavy atom. The molecule has 0 bridgehead atoms. The number of aromatic nitrogens is 1. The van der Waals surface area contributed by atoms with Gasteiger partial charge in [-0.1, -0.05) is 47.7 Å². The van der Waals surface area contributed by atoms with Crippen LogP contribution in [0.1, 0.15) is 42.4 Å². The molecule has 1 aliphatic carbocycles. The highest BCUT2D eigenvalue weighted by Gasteiger charge is 2.31. The van der Waals surface area contributed by atoms with Gasteiger partial charge in [0.15, 0.2) is 5.13 Å². The van der Waals surface area contributed by atoms with E-state index in [0.29, 0.717) is 19.1 Å². The van der Waals surface area contributed by atoms with Gasteiger partial charge in [0.1, 0.15) is 0 Å². The van der Waals surface area contributed by atoms with E-state index in [2.05, 4.69) is 36.2 Å². The minimum Gasteiger partial charge on any atom is -0.353 e. The number of hydrogen-bond acceptors (Lipinski definition) is 5. The summed E-state index contributed by atoms with van der Waals surface area (Å²) in [6, 6.07) is 14.7. The number of fused-ring (bicyclic) bond motifs is 1. The van der Waals surface area contributed by atoms with E-state index in [-0.39, 0.29) is 17.7 Å². The average molecular weight is 477 g/mol. The van der Waals surface area contributed by atoms with E-state index in [1.807, 2.05) is 35.2 Å². The number of hydrogen-bond donors (Lipinski definition) is 1. The summed E-state index contributed by atoms with van der Waals surface area (Å²) in [6.07, 6.45) is 3.84. The molecule has 1 N–H and O–H groups in total. The highest BCUT2D eigenvalue weighted by molar-refractivity contribution is 7.22. The van der Waals surface area contributed by atoms with Crippen molar-refractivity contribution < 1.29 is 9.59 Å². The molecule has 1 aromatic heterocycles. The van der Waals surface area contributed by atoms with E-state index in [1.54, 1.807) is 11.3 Å². The van der Waals surface area contributed by atoms with Crippen LogP contribution in [0.5, 0.6) is 0 Å². The predicted octanol–water partition coefficient (Wildman–Crippen LogP) is 4.44. The number of likely N-dealkylation sites (tertiary alicyclic amines) is 1. The van der Waals surface area contributed by atoms with Crippen LogP contribution in [0.3, 0.4) is 0 Å². The van der Waals surface area contributed by atoms with E-state index in [9.17, 15) is 9.59 Å². The zero-order valence-corrected chi connectivity index (χ0v) is 20.7. The monoisotopic (exact) mass is 476 g/mol. The third-order valence-corrected chi connectivity index (χ3v) is 8.07. The molecule has 1 saturated carbocycles. The summed E-state index contributed by atoms with van der Waals surface area (Å²) in [5.74, 6) is 0.320. The van der Waals surface area contributed by atoms with E-state index in [4.69, 9.17) is 4.98 Å². The largest absolute Gasteiger partial charge is 0.353 e. The molecule has 2 aliphatic rings. The van der Waals surface area contributed by atoms with Crippen molar-refractivity contribution in [1.29, 1.82) is 0 Å². The second-order valence-corrected chi connectivity index (χ2v) is 10.7. The van der Waals surface area contributed by atoms with Gasteiger partial charge in [0.05, 0.1) is 23.3 Å². The summed E-state index contributed by atoms with van der Waals surface area (Å²) in [4.78, 5) is 34.9. The Morgan fingerprint density at radius 2 is 1.79 bits per heavy atom.